The van der Waals surface area contributed by atoms with E-state index in [0.29, 0.717) is 38.9 Å². The van der Waals surface area contributed by atoms with Crippen LogP contribution in [0.3, 0.4) is 0 Å². The first-order valence-electron chi connectivity index (χ1n) is 9.75. The van der Waals surface area contributed by atoms with Gasteiger partial charge in [0.2, 0.25) is 0 Å². The van der Waals surface area contributed by atoms with Crippen LogP contribution in [0.25, 0.3) is 0 Å². The van der Waals surface area contributed by atoms with Crippen LogP contribution in [-0.2, 0) is 30.4 Å². The first-order valence-corrected chi connectivity index (χ1v) is 11.2. The van der Waals surface area contributed by atoms with Crippen LogP contribution in [0.2, 0.25) is 0 Å². The summed E-state index contributed by atoms with van der Waals surface area (Å²) in [6.07, 6.45) is 1.38. The average molecular weight is 413 g/mol. The van der Waals surface area contributed by atoms with Crippen LogP contribution in [0.4, 0.5) is 0 Å². The fraction of sp³-hybridized carbons (Fsp3) is 0.667. The second kappa shape index (κ2) is 8.93. The van der Waals surface area contributed by atoms with Gasteiger partial charge >= 0.3 is 5.97 Å². The Kier molecular flexibility index (Phi) is 7.28. The molecule has 158 valence electrons. The van der Waals surface area contributed by atoms with Crippen LogP contribution >= 0.6 is 0 Å². The van der Waals surface area contributed by atoms with Crippen molar-refractivity contribution < 1.29 is 27.2 Å². The number of carboxylic acids is 1. The van der Waals surface area contributed by atoms with E-state index < -0.39 is 32.4 Å². The Hall–Kier alpha value is -1.44. The molecule has 1 N–H and O–H groups in total. The summed E-state index contributed by atoms with van der Waals surface area (Å²) in [7, 11) is -3.70. The summed E-state index contributed by atoms with van der Waals surface area (Å²) in [5.41, 5.74) is 0.0649. The lowest BCUT2D eigenvalue weighted by atomic mass is 9.81. The van der Waals surface area contributed by atoms with Crippen molar-refractivity contribution in [1.29, 1.82) is 0 Å². The number of carbonyl (C=O) groups is 1. The van der Waals surface area contributed by atoms with E-state index in [2.05, 4.69) is 0 Å². The molecule has 0 aromatic heterocycles. The number of aliphatic carboxylic acids is 1. The van der Waals surface area contributed by atoms with E-state index in [4.69, 9.17) is 8.92 Å². The van der Waals surface area contributed by atoms with Crippen molar-refractivity contribution in [1.82, 2.24) is 0 Å². The fourth-order valence-corrected chi connectivity index (χ4v) is 5.25. The van der Waals surface area contributed by atoms with Gasteiger partial charge in [-0.1, -0.05) is 30.3 Å². The first kappa shape index (κ1) is 22.8. The molecule has 7 heteroatoms. The molecule has 1 saturated carbocycles. The lowest BCUT2D eigenvalue weighted by Gasteiger charge is -2.29. The molecule has 2 rings (SSSR count). The number of hydrogen-bond donors (Lipinski definition) is 1. The van der Waals surface area contributed by atoms with Crippen molar-refractivity contribution in [2.45, 2.75) is 70.8 Å². The van der Waals surface area contributed by atoms with E-state index in [1.807, 2.05) is 30.3 Å². The van der Waals surface area contributed by atoms with Crippen molar-refractivity contribution in [3.05, 3.63) is 35.9 Å². The fourth-order valence-electron chi connectivity index (χ4n) is 3.49. The van der Waals surface area contributed by atoms with Gasteiger partial charge < -0.3 is 9.84 Å². The SMILES string of the molecule is CC(C)OS(=O)(=O)C1(C[C@@H](COCc2ccccc2)CC(C)(C)C(=O)O)CC1. The molecule has 0 saturated heterocycles. The quantitative estimate of drug-likeness (QED) is 0.522. The van der Waals surface area contributed by atoms with Gasteiger partial charge in [-0.15, -0.1) is 0 Å². The largest absolute Gasteiger partial charge is 0.481 e. The predicted octanol–water partition coefficient (Wildman–Crippen LogP) is 4.00. The Morgan fingerprint density at radius 2 is 1.82 bits per heavy atom. The molecular formula is C21H32O6S. The molecule has 28 heavy (non-hydrogen) atoms. The van der Waals surface area contributed by atoms with Gasteiger partial charge in [-0.3, -0.25) is 8.98 Å². The van der Waals surface area contributed by atoms with Crippen LogP contribution in [0.1, 0.15) is 58.9 Å². The van der Waals surface area contributed by atoms with Gasteiger partial charge in [0.1, 0.15) is 0 Å². The number of ether oxygens (including phenoxy) is 1. The minimum atomic E-state index is -3.70. The molecular weight excluding hydrogens is 380 g/mol. The van der Waals surface area contributed by atoms with E-state index >= 15 is 0 Å². The molecule has 6 nitrogen and oxygen atoms in total. The van der Waals surface area contributed by atoms with E-state index in [-0.39, 0.29) is 5.92 Å². The minimum Gasteiger partial charge on any atom is -0.481 e. The van der Waals surface area contributed by atoms with E-state index in [0.717, 1.165) is 5.56 Å². The molecule has 1 aliphatic rings. The molecule has 0 unspecified atom stereocenters. The zero-order chi connectivity index (χ0) is 21.0. The van der Waals surface area contributed by atoms with Crippen molar-refractivity contribution in [2.75, 3.05) is 6.61 Å². The summed E-state index contributed by atoms with van der Waals surface area (Å²) < 4.78 is 35.5. The predicted molar refractivity (Wildman–Crippen MR) is 107 cm³/mol. The third-order valence-corrected chi connectivity index (χ3v) is 7.43. The maximum Gasteiger partial charge on any atom is 0.309 e. The van der Waals surface area contributed by atoms with E-state index in [9.17, 15) is 18.3 Å². The van der Waals surface area contributed by atoms with Crippen molar-refractivity contribution >= 4 is 16.1 Å². The average Bonchev–Trinajstić information content (AvgIpc) is 3.35. The van der Waals surface area contributed by atoms with Crippen LogP contribution < -0.4 is 0 Å². The van der Waals surface area contributed by atoms with Gasteiger partial charge in [-0.25, -0.2) is 0 Å². The van der Waals surface area contributed by atoms with Crippen molar-refractivity contribution in [3.63, 3.8) is 0 Å². The minimum absolute atomic E-state index is 0.192. The summed E-state index contributed by atoms with van der Waals surface area (Å²) in [6.45, 7) is 7.44. The Labute approximate surface area is 168 Å². The molecule has 0 bridgehead atoms. The maximum atomic E-state index is 12.7. The number of benzene rings is 1. The van der Waals surface area contributed by atoms with Crippen LogP contribution in [-0.4, -0.2) is 37.0 Å². The molecule has 0 radical (unpaired) electrons. The topological polar surface area (TPSA) is 89.9 Å². The summed E-state index contributed by atoms with van der Waals surface area (Å²) in [5.74, 6) is -1.09. The monoisotopic (exact) mass is 412 g/mol. The van der Waals surface area contributed by atoms with Crippen LogP contribution in [0.5, 0.6) is 0 Å². The standard InChI is InChI=1S/C21H32O6S/c1-16(2)27-28(24,25)21(10-11-21)13-18(12-20(3,4)19(22)23)15-26-14-17-8-6-5-7-9-17/h5-9,16,18H,10-15H2,1-4H3,(H,22,23)/t18-/m0/s1. The smallest absolute Gasteiger partial charge is 0.309 e. The summed E-state index contributed by atoms with van der Waals surface area (Å²) in [4.78, 5) is 11.6. The third-order valence-electron chi connectivity index (χ3n) is 5.16. The number of carboxylic acid groups (broad SMARTS) is 1. The molecule has 0 heterocycles. The van der Waals surface area contributed by atoms with Gasteiger partial charge in [0.05, 0.1) is 22.9 Å². The highest BCUT2D eigenvalue weighted by atomic mass is 32.2. The van der Waals surface area contributed by atoms with Gasteiger partial charge in [0.15, 0.2) is 0 Å². The second-order valence-corrected chi connectivity index (χ2v) is 10.7. The van der Waals surface area contributed by atoms with Gasteiger partial charge in [0.25, 0.3) is 10.1 Å². The zero-order valence-corrected chi connectivity index (χ0v) is 18.0. The Bertz CT molecular complexity index is 750. The highest BCUT2D eigenvalue weighted by molar-refractivity contribution is 7.88. The summed E-state index contributed by atoms with van der Waals surface area (Å²) >= 11 is 0. The number of rotatable bonds is 12. The van der Waals surface area contributed by atoms with Gasteiger partial charge in [-0.05, 0) is 64.9 Å². The lowest BCUT2D eigenvalue weighted by molar-refractivity contribution is -0.148. The highest BCUT2D eigenvalue weighted by Gasteiger charge is 2.56. The Morgan fingerprint density at radius 1 is 1.21 bits per heavy atom. The Balaban J connectivity index is 2.08. The molecule has 1 aromatic rings. The molecule has 1 atom stereocenters. The van der Waals surface area contributed by atoms with Gasteiger partial charge in [-0.2, -0.15) is 8.42 Å². The second-order valence-electron chi connectivity index (χ2n) is 8.75. The highest BCUT2D eigenvalue weighted by Crippen LogP contribution is 2.50. The normalized spacial score (nSPS) is 17.5. The lowest BCUT2D eigenvalue weighted by Crippen LogP contribution is -2.34. The van der Waals surface area contributed by atoms with Crippen molar-refractivity contribution in [3.8, 4) is 0 Å². The van der Waals surface area contributed by atoms with E-state index in [1.165, 1.54) is 0 Å². The van der Waals surface area contributed by atoms with Gasteiger partial charge in [0, 0.05) is 6.61 Å². The molecule has 1 aliphatic carbocycles. The molecule has 0 aliphatic heterocycles. The molecule has 1 fully saturated rings. The van der Waals surface area contributed by atoms with Crippen molar-refractivity contribution in [2.24, 2.45) is 11.3 Å². The Morgan fingerprint density at radius 3 is 2.32 bits per heavy atom. The molecule has 0 amide bonds. The maximum absolute atomic E-state index is 12.7. The summed E-state index contributed by atoms with van der Waals surface area (Å²) in [6, 6.07) is 9.70. The van der Waals surface area contributed by atoms with Crippen LogP contribution in [0, 0.1) is 11.3 Å². The van der Waals surface area contributed by atoms with Crippen LogP contribution in [0.15, 0.2) is 30.3 Å². The third kappa shape index (κ3) is 6.03. The first-order chi connectivity index (χ1) is 13.0. The number of hydrogen-bond acceptors (Lipinski definition) is 5. The molecule has 0 spiro atoms. The molecule has 1 aromatic carbocycles. The zero-order valence-electron chi connectivity index (χ0n) is 17.2. The summed E-state index contributed by atoms with van der Waals surface area (Å²) in [5, 5.41) is 9.50. The van der Waals surface area contributed by atoms with E-state index in [1.54, 1.807) is 27.7 Å².